The molecule has 0 atom stereocenters. The Hall–Kier alpha value is -1.46. The Labute approximate surface area is 210 Å². The summed E-state index contributed by atoms with van der Waals surface area (Å²) in [5.41, 5.74) is 0. The topological polar surface area (TPSA) is 73.8 Å². The van der Waals surface area contributed by atoms with Gasteiger partial charge in [-0.05, 0) is 26.2 Å². The molecule has 0 radical (unpaired) electrons. The Bertz CT molecular complexity index is 632. The summed E-state index contributed by atoms with van der Waals surface area (Å²) >= 11 is 0. The molecule has 1 saturated heterocycles. The maximum atomic E-state index is 5.96. The van der Waals surface area contributed by atoms with E-state index >= 15 is 0 Å². The molecular formula is C23H40IN3O5. The van der Waals surface area contributed by atoms with E-state index in [1.807, 2.05) is 18.2 Å². The van der Waals surface area contributed by atoms with Crippen LogP contribution in [-0.2, 0) is 9.47 Å². The number of benzene rings is 1. The first kappa shape index (κ1) is 28.6. The number of aliphatic imine (C=N–C) groups is 1. The van der Waals surface area contributed by atoms with E-state index in [1.165, 1.54) is 0 Å². The second kappa shape index (κ2) is 17.1. The fraction of sp³-hybridized carbons (Fsp3) is 0.696. The highest BCUT2D eigenvalue weighted by molar-refractivity contribution is 14.0. The van der Waals surface area contributed by atoms with E-state index in [-0.39, 0.29) is 24.0 Å². The maximum absolute atomic E-state index is 5.96. The molecule has 1 aromatic carbocycles. The number of guanidine groups is 1. The van der Waals surface area contributed by atoms with Gasteiger partial charge in [-0.25, -0.2) is 0 Å². The van der Waals surface area contributed by atoms with Crippen LogP contribution in [0, 0.1) is 0 Å². The molecule has 1 fully saturated rings. The molecule has 0 aliphatic carbocycles. The van der Waals surface area contributed by atoms with Gasteiger partial charge in [-0.3, -0.25) is 4.99 Å². The molecule has 0 aromatic heterocycles. The lowest BCUT2D eigenvalue weighted by Crippen LogP contribution is -2.47. The van der Waals surface area contributed by atoms with Gasteiger partial charge < -0.3 is 33.9 Å². The van der Waals surface area contributed by atoms with Crippen LogP contribution >= 0.6 is 24.0 Å². The van der Waals surface area contributed by atoms with Gasteiger partial charge in [0.2, 0.25) is 0 Å². The largest absolute Gasteiger partial charge is 0.496 e. The van der Waals surface area contributed by atoms with E-state index in [0.717, 1.165) is 70.2 Å². The van der Waals surface area contributed by atoms with Crippen molar-refractivity contribution in [2.45, 2.75) is 38.7 Å². The van der Waals surface area contributed by atoms with E-state index < -0.39 is 0 Å². The smallest absolute Gasteiger partial charge is 0.193 e. The maximum Gasteiger partial charge on any atom is 0.193 e. The van der Waals surface area contributed by atoms with Gasteiger partial charge in [0.25, 0.3) is 0 Å². The highest BCUT2D eigenvalue weighted by atomic mass is 127. The third-order valence-corrected chi connectivity index (χ3v) is 5.08. The normalized spacial score (nSPS) is 14.6. The Morgan fingerprint density at radius 2 is 1.62 bits per heavy atom. The lowest BCUT2D eigenvalue weighted by atomic mass is 10.1. The number of rotatable bonds is 13. The van der Waals surface area contributed by atoms with E-state index in [9.17, 15) is 0 Å². The molecule has 2 rings (SSSR count). The lowest BCUT2D eigenvalue weighted by molar-refractivity contribution is 0.00990. The number of hydrogen-bond acceptors (Lipinski definition) is 6. The molecule has 1 heterocycles. The molecular weight excluding hydrogens is 525 g/mol. The van der Waals surface area contributed by atoms with Crippen LogP contribution < -0.4 is 19.5 Å². The first-order valence-electron chi connectivity index (χ1n) is 11.2. The van der Waals surface area contributed by atoms with Gasteiger partial charge in [0.05, 0.1) is 26.9 Å². The van der Waals surface area contributed by atoms with Crippen molar-refractivity contribution in [3.8, 4) is 17.2 Å². The summed E-state index contributed by atoms with van der Waals surface area (Å²) in [7, 11) is 4.99. The summed E-state index contributed by atoms with van der Waals surface area (Å²) < 4.78 is 27.5. The molecule has 0 spiro atoms. The summed E-state index contributed by atoms with van der Waals surface area (Å²) in [4.78, 5) is 7.12. The number of methoxy groups -OCH3 is 3. The zero-order valence-electron chi connectivity index (χ0n) is 19.9. The minimum atomic E-state index is 0. The van der Waals surface area contributed by atoms with Crippen molar-refractivity contribution in [3.63, 3.8) is 0 Å². The van der Waals surface area contributed by atoms with Crippen molar-refractivity contribution in [1.82, 2.24) is 10.2 Å². The Kier molecular flexibility index (Phi) is 15.2. The predicted molar refractivity (Wildman–Crippen MR) is 138 cm³/mol. The molecule has 9 heteroatoms. The van der Waals surface area contributed by atoms with Crippen LogP contribution in [0.1, 0.15) is 32.6 Å². The van der Waals surface area contributed by atoms with Crippen LogP contribution in [-0.4, -0.2) is 84.3 Å². The average Bonchev–Trinajstić information content (AvgIpc) is 2.81. The molecule has 1 aromatic rings. The number of nitrogens with one attached hydrogen (secondary N) is 1. The van der Waals surface area contributed by atoms with Crippen LogP contribution in [0.2, 0.25) is 0 Å². The fourth-order valence-electron chi connectivity index (χ4n) is 3.42. The number of piperidine rings is 1. The monoisotopic (exact) mass is 565 g/mol. The molecule has 184 valence electrons. The molecule has 0 amide bonds. The molecule has 32 heavy (non-hydrogen) atoms. The molecule has 0 bridgehead atoms. The number of nitrogens with zero attached hydrogens (tertiary/aromatic N) is 2. The highest BCUT2D eigenvalue weighted by Gasteiger charge is 2.21. The highest BCUT2D eigenvalue weighted by Crippen LogP contribution is 2.27. The van der Waals surface area contributed by atoms with Crippen molar-refractivity contribution in [1.29, 1.82) is 0 Å². The van der Waals surface area contributed by atoms with Crippen molar-refractivity contribution in [2.75, 3.05) is 67.3 Å². The predicted octanol–water partition coefficient (Wildman–Crippen LogP) is 3.57. The van der Waals surface area contributed by atoms with E-state index in [0.29, 0.717) is 30.8 Å². The molecule has 8 nitrogen and oxygen atoms in total. The first-order valence-corrected chi connectivity index (χ1v) is 11.2. The van der Waals surface area contributed by atoms with Gasteiger partial charge >= 0.3 is 0 Å². The van der Waals surface area contributed by atoms with Crippen LogP contribution in [0.25, 0.3) is 0 Å². The van der Waals surface area contributed by atoms with Gasteiger partial charge in [0.1, 0.15) is 17.2 Å². The number of likely N-dealkylation sites (tertiary alicyclic amines) is 1. The molecule has 1 aliphatic rings. The van der Waals surface area contributed by atoms with Crippen molar-refractivity contribution < 1.29 is 23.7 Å². The van der Waals surface area contributed by atoms with E-state index in [4.69, 9.17) is 28.7 Å². The van der Waals surface area contributed by atoms with Crippen LogP contribution in [0.3, 0.4) is 0 Å². The van der Waals surface area contributed by atoms with Gasteiger partial charge in [0.15, 0.2) is 5.96 Å². The zero-order chi connectivity index (χ0) is 22.3. The van der Waals surface area contributed by atoms with Gasteiger partial charge in [-0.2, -0.15) is 0 Å². The molecule has 0 unspecified atom stereocenters. The third-order valence-electron chi connectivity index (χ3n) is 5.08. The third kappa shape index (κ3) is 10.4. The van der Waals surface area contributed by atoms with Gasteiger partial charge in [0, 0.05) is 71.1 Å². The summed E-state index contributed by atoms with van der Waals surface area (Å²) in [6, 6.07) is 5.54. The van der Waals surface area contributed by atoms with E-state index in [1.54, 1.807) is 21.3 Å². The van der Waals surface area contributed by atoms with Crippen LogP contribution in [0.4, 0.5) is 0 Å². The molecule has 1 N–H and O–H groups in total. The van der Waals surface area contributed by atoms with Crippen LogP contribution in [0.5, 0.6) is 17.2 Å². The standard InChI is InChI=1S/C23H39N3O5.HI/c1-5-24-23(26-11-8-19(9-12-26)30-15-7-13-27-2)25-10-6-14-31-22-17-20(28-3)16-21(18-22)29-4;/h16-19H,5-15H2,1-4H3,(H,24,25);1H. The number of ether oxygens (including phenoxy) is 5. The second-order valence-corrected chi connectivity index (χ2v) is 7.39. The summed E-state index contributed by atoms with van der Waals surface area (Å²) in [6.45, 7) is 7.68. The minimum absolute atomic E-state index is 0. The summed E-state index contributed by atoms with van der Waals surface area (Å²) in [5.74, 6) is 3.14. The van der Waals surface area contributed by atoms with Crippen molar-refractivity contribution in [2.24, 2.45) is 4.99 Å². The van der Waals surface area contributed by atoms with Crippen molar-refractivity contribution in [3.05, 3.63) is 18.2 Å². The fourth-order valence-corrected chi connectivity index (χ4v) is 3.42. The number of hydrogen-bond donors (Lipinski definition) is 1. The first-order chi connectivity index (χ1) is 15.2. The molecule has 0 saturated carbocycles. The Morgan fingerprint density at radius 1 is 0.969 bits per heavy atom. The zero-order valence-corrected chi connectivity index (χ0v) is 22.3. The lowest BCUT2D eigenvalue weighted by Gasteiger charge is -2.34. The Balaban J connectivity index is 0.00000512. The second-order valence-electron chi connectivity index (χ2n) is 7.39. The quantitative estimate of drug-likeness (QED) is 0.170. The van der Waals surface area contributed by atoms with Crippen LogP contribution in [0.15, 0.2) is 23.2 Å². The van der Waals surface area contributed by atoms with Gasteiger partial charge in [-0.1, -0.05) is 0 Å². The van der Waals surface area contributed by atoms with Crippen molar-refractivity contribution >= 4 is 29.9 Å². The summed E-state index contributed by atoms with van der Waals surface area (Å²) in [6.07, 6.45) is 4.17. The van der Waals surface area contributed by atoms with Gasteiger partial charge in [-0.15, -0.1) is 24.0 Å². The molecule has 1 aliphatic heterocycles. The minimum Gasteiger partial charge on any atom is -0.496 e. The Morgan fingerprint density at radius 3 is 2.22 bits per heavy atom. The summed E-state index contributed by atoms with van der Waals surface area (Å²) in [5, 5.41) is 3.41. The SMILES string of the molecule is CCNC(=NCCCOc1cc(OC)cc(OC)c1)N1CCC(OCCCOC)CC1.I. The average molecular weight is 565 g/mol. The van der Waals surface area contributed by atoms with E-state index in [2.05, 4.69) is 17.1 Å². The number of halogens is 1.